The number of aromatic nitrogens is 1. The molecule has 0 aromatic carbocycles. The van der Waals surface area contributed by atoms with Crippen LogP contribution in [0.1, 0.15) is 44.5 Å². The molecule has 1 rings (SSSR count). The predicted octanol–water partition coefficient (Wildman–Crippen LogP) is 2.17. The maximum atomic E-state index is 11.8. The van der Waals surface area contributed by atoms with Crippen LogP contribution in [-0.4, -0.2) is 18.7 Å². The molecule has 0 aliphatic heterocycles. The highest BCUT2D eigenvalue weighted by Gasteiger charge is 2.22. The van der Waals surface area contributed by atoms with Gasteiger partial charge in [-0.1, -0.05) is 13.0 Å². The van der Waals surface area contributed by atoms with Gasteiger partial charge in [-0.3, -0.25) is 4.98 Å². The van der Waals surface area contributed by atoms with Gasteiger partial charge >= 0.3 is 0 Å². The molecule has 0 bridgehead atoms. The average Bonchev–Trinajstić information content (AvgIpc) is 2.26. The quantitative estimate of drug-likeness (QED) is 0.878. The Kier molecular flexibility index (Phi) is 4.65. The lowest BCUT2D eigenvalue weighted by Crippen LogP contribution is -2.34. The summed E-state index contributed by atoms with van der Waals surface area (Å²) >= 11 is 0. The number of aryl methyl sites for hydroxylation is 1. The zero-order chi connectivity index (χ0) is 13.1. The molecular weight excluding hydrogens is 236 g/mol. The van der Waals surface area contributed by atoms with Gasteiger partial charge in [0.15, 0.2) is 0 Å². The van der Waals surface area contributed by atoms with Gasteiger partial charge < -0.3 is 0 Å². The Morgan fingerprint density at radius 2 is 2.06 bits per heavy atom. The Morgan fingerprint density at radius 3 is 2.53 bits per heavy atom. The lowest BCUT2D eigenvalue weighted by Gasteiger charge is -2.19. The highest BCUT2D eigenvalue weighted by molar-refractivity contribution is 7.90. The average molecular weight is 256 g/mol. The Bertz CT molecular complexity index is 469. The Morgan fingerprint density at radius 1 is 1.41 bits per heavy atom. The van der Waals surface area contributed by atoms with Crippen LogP contribution in [-0.2, 0) is 10.0 Å². The van der Waals surface area contributed by atoms with E-state index in [1.54, 1.807) is 20.0 Å². The van der Waals surface area contributed by atoms with Gasteiger partial charge in [-0.2, -0.15) is 0 Å². The van der Waals surface area contributed by atoms with Crippen LogP contribution in [0.25, 0.3) is 0 Å². The van der Waals surface area contributed by atoms with E-state index in [-0.39, 0.29) is 6.04 Å². The molecule has 1 atom stereocenters. The smallest absolute Gasteiger partial charge is 0.214 e. The Labute approximate surface area is 104 Å². The van der Waals surface area contributed by atoms with Crippen LogP contribution in [0.2, 0.25) is 0 Å². The normalized spacial score (nSPS) is 13.9. The summed E-state index contributed by atoms with van der Waals surface area (Å²) in [7, 11) is -3.26. The third-order valence-electron chi connectivity index (χ3n) is 2.72. The number of nitrogens with one attached hydrogen (secondary N) is 1. The minimum Gasteiger partial charge on any atom is -0.259 e. The van der Waals surface area contributed by atoms with Crippen LogP contribution in [0.3, 0.4) is 0 Å². The van der Waals surface area contributed by atoms with E-state index < -0.39 is 15.3 Å². The van der Waals surface area contributed by atoms with Crippen LogP contribution < -0.4 is 4.72 Å². The summed E-state index contributed by atoms with van der Waals surface area (Å²) in [6, 6.07) is 3.54. The molecule has 0 spiro atoms. The van der Waals surface area contributed by atoms with E-state index in [2.05, 4.69) is 9.71 Å². The van der Waals surface area contributed by atoms with Gasteiger partial charge in [-0.05, 0) is 38.8 Å². The molecule has 0 fully saturated rings. The predicted molar refractivity (Wildman–Crippen MR) is 69.2 cm³/mol. The van der Waals surface area contributed by atoms with E-state index >= 15 is 0 Å². The standard InChI is InChI=1S/C12H20N2O2S/c1-5-11(14-17(15,16)9(2)3)12-10(4)7-6-8-13-12/h6-9,11,14H,5H2,1-4H3/t11-/m1/s1. The number of nitrogens with zero attached hydrogens (tertiary/aromatic N) is 1. The largest absolute Gasteiger partial charge is 0.259 e. The van der Waals surface area contributed by atoms with E-state index in [1.165, 1.54) is 0 Å². The summed E-state index contributed by atoms with van der Waals surface area (Å²) in [6.45, 7) is 7.22. The molecule has 0 amide bonds. The molecule has 0 aliphatic carbocycles. The van der Waals surface area contributed by atoms with Crippen molar-refractivity contribution in [3.05, 3.63) is 29.6 Å². The second kappa shape index (κ2) is 5.60. The lowest BCUT2D eigenvalue weighted by atomic mass is 10.1. The second-order valence-electron chi connectivity index (χ2n) is 4.38. The first-order valence-electron chi connectivity index (χ1n) is 5.81. The highest BCUT2D eigenvalue weighted by Crippen LogP contribution is 2.19. The molecule has 5 heteroatoms. The molecule has 0 saturated carbocycles. The molecule has 4 nitrogen and oxygen atoms in total. The number of pyridine rings is 1. The van der Waals surface area contributed by atoms with Crippen molar-refractivity contribution in [2.45, 2.75) is 45.4 Å². The fourth-order valence-electron chi connectivity index (χ4n) is 1.53. The van der Waals surface area contributed by atoms with Gasteiger partial charge in [0.1, 0.15) is 0 Å². The molecule has 0 radical (unpaired) electrons. The fraction of sp³-hybridized carbons (Fsp3) is 0.583. The first-order chi connectivity index (χ1) is 7.88. The maximum Gasteiger partial charge on any atom is 0.214 e. The molecule has 1 N–H and O–H groups in total. The van der Waals surface area contributed by atoms with Crippen molar-refractivity contribution in [3.8, 4) is 0 Å². The fourth-order valence-corrected chi connectivity index (χ4v) is 2.48. The van der Waals surface area contributed by atoms with Crippen molar-refractivity contribution in [3.63, 3.8) is 0 Å². The van der Waals surface area contributed by atoms with Gasteiger partial charge in [-0.15, -0.1) is 0 Å². The molecule has 0 unspecified atom stereocenters. The zero-order valence-corrected chi connectivity index (χ0v) is 11.6. The lowest BCUT2D eigenvalue weighted by molar-refractivity contribution is 0.536. The van der Waals surface area contributed by atoms with E-state index in [0.717, 1.165) is 11.3 Å². The first-order valence-corrected chi connectivity index (χ1v) is 7.35. The zero-order valence-electron chi connectivity index (χ0n) is 10.8. The van der Waals surface area contributed by atoms with E-state index in [1.807, 2.05) is 26.0 Å². The third-order valence-corrected chi connectivity index (χ3v) is 4.57. The first kappa shape index (κ1) is 14.1. The number of rotatable bonds is 5. The van der Waals surface area contributed by atoms with Crippen LogP contribution in [0, 0.1) is 6.92 Å². The van der Waals surface area contributed by atoms with Crippen LogP contribution in [0.15, 0.2) is 18.3 Å². The van der Waals surface area contributed by atoms with Crippen molar-refractivity contribution < 1.29 is 8.42 Å². The molecule has 17 heavy (non-hydrogen) atoms. The summed E-state index contributed by atoms with van der Waals surface area (Å²) in [5.74, 6) is 0. The van der Waals surface area contributed by atoms with Crippen molar-refractivity contribution in [2.24, 2.45) is 0 Å². The van der Waals surface area contributed by atoms with Crippen LogP contribution >= 0.6 is 0 Å². The van der Waals surface area contributed by atoms with E-state index in [4.69, 9.17) is 0 Å². The van der Waals surface area contributed by atoms with Gasteiger partial charge in [0, 0.05) is 6.20 Å². The summed E-state index contributed by atoms with van der Waals surface area (Å²) in [6.07, 6.45) is 2.37. The molecular formula is C12H20N2O2S. The monoisotopic (exact) mass is 256 g/mol. The number of sulfonamides is 1. The van der Waals surface area contributed by atoms with Gasteiger partial charge in [0.25, 0.3) is 0 Å². The van der Waals surface area contributed by atoms with Gasteiger partial charge in [0.2, 0.25) is 10.0 Å². The molecule has 1 aromatic heterocycles. The summed E-state index contributed by atoms with van der Waals surface area (Å²) in [5.41, 5.74) is 1.81. The molecule has 1 aromatic rings. The highest BCUT2D eigenvalue weighted by atomic mass is 32.2. The van der Waals surface area contributed by atoms with Crippen molar-refractivity contribution in [1.29, 1.82) is 0 Å². The van der Waals surface area contributed by atoms with Crippen molar-refractivity contribution >= 4 is 10.0 Å². The number of hydrogen-bond donors (Lipinski definition) is 1. The molecule has 0 saturated heterocycles. The molecule has 1 heterocycles. The topological polar surface area (TPSA) is 59.1 Å². The molecule has 0 aliphatic rings. The van der Waals surface area contributed by atoms with E-state index in [0.29, 0.717) is 6.42 Å². The minimum atomic E-state index is -3.26. The molecule has 96 valence electrons. The summed E-state index contributed by atoms with van der Waals surface area (Å²) < 4.78 is 26.4. The van der Waals surface area contributed by atoms with Crippen molar-refractivity contribution in [1.82, 2.24) is 9.71 Å². The third kappa shape index (κ3) is 3.51. The van der Waals surface area contributed by atoms with E-state index in [9.17, 15) is 8.42 Å². The minimum absolute atomic E-state index is 0.247. The summed E-state index contributed by atoms with van der Waals surface area (Å²) in [5, 5.41) is -0.430. The maximum absolute atomic E-state index is 11.8. The van der Waals surface area contributed by atoms with Gasteiger partial charge in [0.05, 0.1) is 17.0 Å². The Balaban J connectivity index is 2.99. The SMILES string of the molecule is CC[C@@H](NS(=O)(=O)C(C)C)c1ncccc1C. The summed E-state index contributed by atoms with van der Waals surface area (Å²) in [4.78, 5) is 4.27. The Hall–Kier alpha value is -0.940. The van der Waals surface area contributed by atoms with Crippen LogP contribution in [0.5, 0.6) is 0 Å². The van der Waals surface area contributed by atoms with Crippen molar-refractivity contribution in [2.75, 3.05) is 0 Å². The van der Waals surface area contributed by atoms with Gasteiger partial charge in [-0.25, -0.2) is 13.1 Å². The number of hydrogen-bond acceptors (Lipinski definition) is 3. The second-order valence-corrected chi connectivity index (χ2v) is 6.65. The van der Waals surface area contributed by atoms with Crippen LogP contribution in [0.4, 0.5) is 0 Å².